The quantitative estimate of drug-likeness (QED) is 0.909. The van der Waals surface area contributed by atoms with Gasteiger partial charge in [0.15, 0.2) is 5.82 Å². The lowest BCUT2D eigenvalue weighted by atomic mass is 10.1. The summed E-state index contributed by atoms with van der Waals surface area (Å²) in [4.78, 5) is 2.19. The molecule has 0 saturated heterocycles. The molecule has 1 aromatic carbocycles. The Bertz CT molecular complexity index is 586. The Morgan fingerprint density at radius 1 is 1.25 bits per heavy atom. The Morgan fingerprint density at radius 3 is 2.60 bits per heavy atom. The standard InChI is InChI=1S/C16H24N4/c1-5-10-20-16(15(17)13(3)18-20)19(4)11-14-9-7-6-8-12(14)2/h6-9H,5,10-11,17H2,1-4H3. The van der Waals surface area contributed by atoms with Crippen molar-refractivity contribution in [3.63, 3.8) is 0 Å². The van der Waals surface area contributed by atoms with Crippen molar-refractivity contribution in [1.29, 1.82) is 0 Å². The summed E-state index contributed by atoms with van der Waals surface area (Å²) in [5, 5.41) is 4.54. The van der Waals surface area contributed by atoms with E-state index >= 15 is 0 Å². The second kappa shape index (κ2) is 5.99. The number of nitrogen functional groups attached to an aromatic ring is 1. The zero-order valence-corrected chi connectivity index (χ0v) is 12.8. The number of hydrogen-bond donors (Lipinski definition) is 1. The monoisotopic (exact) mass is 272 g/mol. The van der Waals surface area contributed by atoms with Crippen LogP contribution in [0.15, 0.2) is 24.3 Å². The number of aromatic nitrogens is 2. The fourth-order valence-corrected chi connectivity index (χ4v) is 2.47. The van der Waals surface area contributed by atoms with Gasteiger partial charge in [-0.25, -0.2) is 4.68 Å². The molecule has 1 heterocycles. The first kappa shape index (κ1) is 14.4. The maximum atomic E-state index is 6.20. The second-order valence-corrected chi connectivity index (χ2v) is 5.33. The lowest BCUT2D eigenvalue weighted by molar-refractivity contribution is 0.591. The SMILES string of the molecule is CCCn1nc(C)c(N)c1N(C)Cc1ccccc1C. The van der Waals surface area contributed by atoms with E-state index in [9.17, 15) is 0 Å². The minimum Gasteiger partial charge on any atom is -0.394 e. The second-order valence-electron chi connectivity index (χ2n) is 5.33. The minimum atomic E-state index is 0.787. The molecule has 0 fully saturated rings. The summed E-state index contributed by atoms with van der Waals surface area (Å²) in [6, 6.07) is 8.45. The molecule has 0 bridgehead atoms. The van der Waals surface area contributed by atoms with Gasteiger partial charge in [0.05, 0.1) is 11.4 Å². The van der Waals surface area contributed by atoms with Gasteiger partial charge in [-0.1, -0.05) is 31.2 Å². The van der Waals surface area contributed by atoms with Gasteiger partial charge in [0.1, 0.15) is 0 Å². The number of anilines is 2. The van der Waals surface area contributed by atoms with Crippen LogP contribution in [0.3, 0.4) is 0 Å². The maximum Gasteiger partial charge on any atom is 0.150 e. The van der Waals surface area contributed by atoms with Gasteiger partial charge >= 0.3 is 0 Å². The Balaban J connectivity index is 2.29. The zero-order valence-electron chi connectivity index (χ0n) is 12.8. The highest BCUT2D eigenvalue weighted by Crippen LogP contribution is 2.27. The molecule has 2 rings (SSSR count). The highest BCUT2D eigenvalue weighted by Gasteiger charge is 2.16. The first-order valence-electron chi connectivity index (χ1n) is 7.13. The van der Waals surface area contributed by atoms with E-state index in [0.29, 0.717) is 0 Å². The smallest absolute Gasteiger partial charge is 0.150 e. The Kier molecular flexibility index (Phi) is 4.32. The summed E-state index contributed by atoms with van der Waals surface area (Å²) >= 11 is 0. The van der Waals surface area contributed by atoms with Gasteiger partial charge < -0.3 is 10.6 Å². The van der Waals surface area contributed by atoms with E-state index in [1.807, 2.05) is 11.6 Å². The van der Waals surface area contributed by atoms with E-state index in [4.69, 9.17) is 5.73 Å². The number of nitrogens with two attached hydrogens (primary N) is 1. The van der Waals surface area contributed by atoms with Crippen molar-refractivity contribution in [1.82, 2.24) is 9.78 Å². The summed E-state index contributed by atoms with van der Waals surface area (Å²) in [5.74, 6) is 1.02. The van der Waals surface area contributed by atoms with Gasteiger partial charge in [-0.2, -0.15) is 5.10 Å². The molecule has 0 aliphatic carbocycles. The molecule has 2 aromatic rings. The van der Waals surface area contributed by atoms with E-state index in [0.717, 1.165) is 36.7 Å². The van der Waals surface area contributed by atoms with E-state index in [1.54, 1.807) is 0 Å². The molecule has 0 radical (unpaired) electrons. The van der Waals surface area contributed by atoms with Crippen LogP contribution in [0.5, 0.6) is 0 Å². The lowest BCUT2D eigenvalue weighted by Crippen LogP contribution is -2.22. The highest BCUT2D eigenvalue weighted by molar-refractivity contribution is 5.66. The summed E-state index contributed by atoms with van der Waals surface area (Å²) in [7, 11) is 2.07. The third kappa shape index (κ3) is 2.79. The minimum absolute atomic E-state index is 0.787. The summed E-state index contributed by atoms with van der Waals surface area (Å²) in [6.45, 7) is 7.99. The normalized spacial score (nSPS) is 10.8. The highest BCUT2D eigenvalue weighted by atomic mass is 15.4. The van der Waals surface area contributed by atoms with Crippen molar-refractivity contribution >= 4 is 11.5 Å². The summed E-state index contributed by atoms with van der Waals surface area (Å²) in [5.41, 5.74) is 10.5. The van der Waals surface area contributed by atoms with E-state index in [2.05, 4.69) is 55.2 Å². The molecule has 0 aliphatic rings. The fourth-order valence-electron chi connectivity index (χ4n) is 2.47. The van der Waals surface area contributed by atoms with E-state index in [-0.39, 0.29) is 0 Å². The van der Waals surface area contributed by atoms with Crippen molar-refractivity contribution in [3.8, 4) is 0 Å². The van der Waals surface area contributed by atoms with Crippen molar-refractivity contribution in [2.24, 2.45) is 0 Å². The van der Waals surface area contributed by atoms with Crippen LogP contribution in [0.1, 0.15) is 30.2 Å². The molecular weight excluding hydrogens is 248 g/mol. The van der Waals surface area contributed by atoms with Crippen molar-refractivity contribution < 1.29 is 0 Å². The first-order chi connectivity index (χ1) is 9.54. The predicted molar refractivity (Wildman–Crippen MR) is 85.0 cm³/mol. The molecule has 0 amide bonds. The third-order valence-electron chi connectivity index (χ3n) is 3.61. The average Bonchev–Trinajstić information content (AvgIpc) is 2.68. The molecular formula is C16H24N4. The summed E-state index contributed by atoms with van der Waals surface area (Å²) in [6.07, 6.45) is 1.05. The molecule has 0 unspecified atom stereocenters. The van der Waals surface area contributed by atoms with Crippen LogP contribution >= 0.6 is 0 Å². The molecule has 0 spiro atoms. The van der Waals surface area contributed by atoms with Gasteiger partial charge in [0.2, 0.25) is 0 Å². The first-order valence-corrected chi connectivity index (χ1v) is 7.13. The molecule has 1 aromatic heterocycles. The zero-order chi connectivity index (χ0) is 14.7. The van der Waals surface area contributed by atoms with Gasteiger partial charge in [0.25, 0.3) is 0 Å². The van der Waals surface area contributed by atoms with E-state index in [1.165, 1.54) is 11.1 Å². The lowest BCUT2D eigenvalue weighted by Gasteiger charge is -2.22. The van der Waals surface area contributed by atoms with Crippen molar-refractivity contribution in [2.75, 3.05) is 17.7 Å². The number of aryl methyl sites for hydroxylation is 3. The van der Waals surface area contributed by atoms with Crippen LogP contribution in [0.4, 0.5) is 11.5 Å². The maximum absolute atomic E-state index is 6.20. The molecule has 2 N–H and O–H groups in total. The van der Waals surface area contributed by atoms with Gasteiger partial charge in [-0.15, -0.1) is 0 Å². The Morgan fingerprint density at radius 2 is 1.95 bits per heavy atom. The predicted octanol–water partition coefficient (Wildman–Crippen LogP) is 3.13. The fraction of sp³-hybridized carbons (Fsp3) is 0.438. The van der Waals surface area contributed by atoms with Gasteiger partial charge in [-0.3, -0.25) is 0 Å². The topological polar surface area (TPSA) is 47.1 Å². The average molecular weight is 272 g/mol. The molecule has 4 nitrogen and oxygen atoms in total. The van der Waals surface area contributed by atoms with Gasteiger partial charge in [0, 0.05) is 20.1 Å². The van der Waals surface area contributed by atoms with E-state index < -0.39 is 0 Å². The number of rotatable bonds is 5. The molecule has 108 valence electrons. The van der Waals surface area contributed by atoms with Crippen molar-refractivity contribution in [3.05, 3.63) is 41.1 Å². The van der Waals surface area contributed by atoms with Gasteiger partial charge in [-0.05, 0) is 31.4 Å². The van der Waals surface area contributed by atoms with Crippen LogP contribution in [-0.2, 0) is 13.1 Å². The van der Waals surface area contributed by atoms with Crippen LogP contribution in [0.2, 0.25) is 0 Å². The van der Waals surface area contributed by atoms with Crippen molar-refractivity contribution in [2.45, 2.75) is 40.3 Å². The summed E-state index contributed by atoms with van der Waals surface area (Å²) < 4.78 is 2.02. The van der Waals surface area contributed by atoms with Crippen LogP contribution < -0.4 is 10.6 Å². The third-order valence-corrected chi connectivity index (χ3v) is 3.61. The van der Waals surface area contributed by atoms with Crippen LogP contribution in [0, 0.1) is 13.8 Å². The molecule has 0 aliphatic heterocycles. The molecule has 20 heavy (non-hydrogen) atoms. The van der Waals surface area contributed by atoms with Crippen LogP contribution in [0.25, 0.3) is 0 Å². The largest absolute Gasteiger partial charge is 0.394 e. The Labute approximate surface area is 121 Å². The Hall–Kier alpha value is -1.97. The van der Waals surface area contributed by atoms with Crippen LogP contribution in [-0.4, -0.2) is 16.8 Å². The number of hydrogen-bond acceptors (Lipinski definition) is 3. The molecule has 0 atom stereocenters. The number of nitrogens with zero attached hydrogens (tertiary/aromatic N) is 3. The molecule has 4 heteroatoms. The molecule has 0 saturated carbocycles. The number of benzene rings is 1.